The maximum Gasteiger partial charge on any atom is 0.163 e. The summed E-state index contributed by atoms with van der Waals surface area (Å²) < 4.78 is 11.0. The van der Waals surface area contributed by atoms with Crippen molar-refractivity contribution in [3.8, 4) is 0 Å². The number of rotatable bonds is 2. The van der Waals surface area contributed by atoms with Crippen LogP contribution in [0.2, 0.25) is 0 Å². The van der Waals surface area contributed by atoms with Crippen LogP contribution in [0.25, 0.3) is 0 Å². The van der Waals surface area contributed by atoms with Crippen molar-refractivity contribution in [2.45, 2.75) is 45.2 Å². The van der Waals surface area contributed by atoms with Gasteiger partial charge in [0.25, 0.3) is 0 Å². The van der Waals surface area contributed by atoms with Crippen molar-refractivity contribution in [1.82, 2.24) is 0 Å². The smallest absolute Gasteiger partial charge is 0.163 e. The lowest BCUT2D eigenvalue weighted by atomic mass is 10.2. The molecule has 1 aliphatic rings. The van der Waals surface area contributed by atoms with Gasteiger partial charge in [-0.2, -0.15) is 0 Å². The van der Waals surface area contributed by atoms with E-state index in [1.807, 2.05) is 20.8 Å². The van der Waals surface area contributed by atoms with E-state index in [-0.39, 0.29) is 18.8 Å². The summed E-state index contributed by atoms with van der Waals surface area (Å²) in [5.41, 5.74) is 0. The van der Waals surface area contributed by atoms with Gasteiger partial charge < -0.3 is 14.6 Å². The topological polar surface area (TPSA) is 38.7 Å². The average Bonchev–Trinajstić information content (AvgIpc) is 2.07. The molecular formula is C8H16O3. The zero-order valence-corrected chi connectivity index (χ0v) is 7.33. The first-order chi connectivity index (χ1) is 5.05. The summed E-state index contributed by atoms with van der Waals surface area (Å²) in [6, 6.07) is 0. The molecule has 0 aromatic heterocycles. The predicted molar refractivity (Wildman–Crippen MR) is 41.2 cm³/mol. The van der Waals surface area contributed by atoms with E-state index in [1.54, 1.807) is 0 Å². The molecule has 0 aromatic rings. The van der Waals surface area contributed by atoms with E-state index in [2.05, 4.69) is 0 Å². The van der Waals surface area contributed by atoms with Crippen LogP contribution in [0.15, 0.2) is 0 Å². The van der Waals surface area contributed by atoms with Crippen molar-refractivity contribution in [2.75, 3.05) is 6.61 Å². The highest BCUT2D eigenvalue weighted by Crippen LogP contribution is 2.29. The number of ether oxygens (including phenoxy) is 2. The van der Waals surface area contributed by atoms with Gasteiger partial charge in [0.2, 0.25) is 0 Å². The first-order valence-electron chi connectivity index (χ1n) is 4.01. The van der Waals surface area contributed by atoms with Gasteiger partial charge in [-0.1, -0.05) is 0 Å². The minimum absolute atomic E-state index is 0.0509. The monoisotopic (exact) mass is 160 g/mol. The molecule has 1 heterocycles. The van der Waals surface area contributed by atoms with Crippen LogP contribution in [-0.4, -0.2) is 29.7 Å². The lowest BCUT2D eigenvalue weighted by Gasteiger charge is -2.16. The Kier molecular flexibility index (Phi) is 2.52. The summed E-state index contributed by atoms with van der Waals surface area (Å²) in [6.07, 6.45) is 0.803. The zero-order chi connectivity index (χ0) is 8.48. The molecule has 0 radical (unpaired) electrons. The largest absolute Gasteiger partial charge is 0.396 e. The molecule has 3 nitrogen and oxygen atoms in total. The van der Waals surface area contributed by atoms with Crippen LogP contribution in [-0.2, 0) is 9.47 Å². The number of aliphatic hydroxyl groups is 1. The van der Waals surface area contributed by atoms with E-state index in [9.17, 15) is 0 Å². The Morgan fingerprint density at radius 1 is 1.36 bits per heavy atom. The Balaban J connectivity index is 2.45. The molecule has 1 unspecified atom stereocenters. The summed E-state index contributed by atoms with van der Waals surface area (Å²) in [5.74, 6) is -0.473. The van der Waals surface area contributed by atoms with Crippen molar-refractivity contribution < 1.29 is 14.6 Å². The SMILES string of the molecule is C[C@H]1OC(C)(C)OC1CCO. The quantitative estimate of drug-likeness (QED) is 0.652. The van der Waals surface area contributed by atoms with Gasteiger partial charge in [0, 0.05) is 6.61 Å². The van der Waals surface area contributed by atoms with Crippen LogP contribution >= 0.6 is 0 Å². The van der Waals surface area contributed by atoms with Gasteiger partial charge in [-0.15, -0.1) is 0 Å². The molecule has 0 bridgehead atoms. The van der Waals surface area contributed by atoms with Crippen LogP contribution < -0.4 is 0 Å². The van der Waals surface area contributed by atoms with Gasteiger partial charge in [-0.05, 0) is 27.2 Å². The normalized spacial score (nSPS) is 36.0. The molecule has 1 saturated heterocycles. The number of aliphatic hydroxyl groups excluding tert-OH is 1. The van der Waals surface area contributed by atoms with Gasteiger partial charge in [0.1, 0.15) is 0 Å². The van der Waals surface area contributed by atoms with Crippen molar-refractivity contribution in [1.29, 1.82) is 0 Å². The van der Waals surface area contributed by atoms with E-state index in [0.717, 1.165) is 0 Å². The van der Waals surface area contributed by atoms with E-state index in [0.29, 0.717) is 6.42 Å². The molecule has 66 valence electrons. The number of hydrogen-bond donors (Lipinski definition) is 1. The Morgan fingerprint density at radius 2 is 2.00 bits per heavy atom. The number of hydrogen-bond acceptors (Lipinski definition) is 3. The molecule has 11 heavy (non-hydrogen) atoms. The Labute approximate surface area is 67.3 Å². The minimum atomic E-state index is -0.473. The fourth-order valence-electron chi connectivity index (χ4n) is 1.43. The standard InChI is InChI=1S/C8H16O3/c1-6-7(4-5-9)11-8(2,3)10-6/h6-7,9H,4-5H2,1-3H3/t6-,7?/m1/s1. The van der Waals surface area contributed by atoms with Crippen LogP contribution in [0.4, 0.5) is 0 Å². The Morgan fingerprint density at radius 3 is 2.36 bits per heavy atom. The summed E-state index contributed by atoms with van der Waals surface area (Å²) in [5, 5.41) is 8.68. The summed E-state index contributed by atoms with van der Waals surface area (Å²) in [6.45, 7) is 5.91. The molecule has 0 saturated carbocycles. The van der Waals surface area contributed by atoms with Crippen LogP contribution in [0.1, 0.15) is 27.2 Å². The molecule has 2 atom stereocenters. The van der Waals surface area contributed by atoms with Gasteiger partial charge in [-0.3, -0.25) is 0 Å². The van der Waals surface area contributed by atoms with Gasteiger partial charge in [0.05, 0.1) is 12.2 Å². The van der Waals surface area contributed by atoms with Crippen LogP contribution in [0.3, 0.4) is 0 Å². The predicted octanol–water partition coefficient (Wildman–Crippen LogP) is 0.909. The molecule has 1 rings (SSSR count). The average molecular weight is 160 g/mol. The molecule has 1 aliphatic heterocycles. The van der Waals surface area contributed by atoms with E-state index in [1.165, 1.54) is 0 Å². The fraction of sp³-hybridized carbons (Fsp3) is 1.00. The van der Waals surface area contributed by atoms with Crippen LogP contribution in [0.5, 0.6) is 0 Å². The van der Waals surface area contributed by atoms with Crippen molar-refractivity contribution in [3.63, 3.8) is 0 Å². The lowest BCUT2D eigenvalue weighted by molar-refractivity contribution is -0.145. The van der Waals surface area contributed by atoms with Crippen molar-refractivity contribution in [2.24, 2.45) is 0 Å². The van der Waals surface area contributed by atoms with E-state index < -0.39 is 5.79 Å². The summed E-state index contributed by atoms with van der Waals surface area (Å²) in [4.78, 5) is 0. The zero-order valence-electron chi connectivity index (χ0n) is 7.33. The van der Waals surface area contributed by atoms with Gasteiger partial charge in [-0.25, -0.2) is 0 Å². The highest BCUT2D eigenvalue weighted by molar-refractivity contribution is 4.77. The third-order valence-corrected chi connectivity index (χ3v) is 1.84. The van der Waals surface area contributed by atoms with Crippen molar-refractivity contribution >= 4 is 0 Å². The first-order valence-corrected chi connectivity index (χ1v) is 4.01. The second kappa shape index (κ2) is 3.09. The maximum absolute atomic E-state index is 8.68. The molecule has 1 fully saturated rings. The molecule has 0 aliphatic carbocycles. The summed E-state index contributed by atoms with van der Waals surface area (Å²) >= 11 is 0. The molecular weight excluding hydrogens is 144 g/mol. The molecule has 3 heteroatoms. The lowest BCUT2D eigenvalue weighted by Crippen LogP contribution is -2.22. The molecule has 0 amide bonds. The third-order valence-electron chi connectivity index (χ3n) is 1.84. The molecule has 1 N–H and O–H groups in total. The maximum atomic E-state index is 8.68. The molecule has 0 spiro atoms. The Bertz CT molecular complexity index is 133. The highest BCUT2D eigenvalue weighted by atomic mass is 16.7. The minimum Gasteiger partial charge on any atom is -0.396 e. The second-order valence-corrected chi connectivity index (χ2v) is 3.39. The van der Waals surface area contributed by atoms with E-state index in [4.69, 9.17) is 14.6 Å². The summed E-state index contributed by atoms with van der Waals surface area (Å²) in [7, 11) is 0. The van der Waals surface area contributed by atoms with Gasteiger partial charge >= 0.3 is 0 Å². The highest BCUT2D eigenvalue weighted by Gasteiger charge is 2.37. The van der Waals surface area contributed by atoms with Crippen molar-refractivity contribution in [3.05, 3.63) is 0 Å². The third kappa shape index (κ3) is 2.15. The first kappa shape index (κ1) is 8.97. The van der Waals surface area contributed by atoms with Gasteiger partial charge in [0.15, 0.2) is 5.79 Å². The van der Waals surface area contributed by atoms with Crippen LogP contribution in [0, 0.1) is 0 Å². The van der Waals surface area contributed by atoms with E-state index >= 15 is 0 Å². The second-order valence-electron chi connectivity index (χ2n) is 3.39. The fourth-order valence-corrected chi connectivity index (χ4v) is 1.43. The molecule has 0 aromatic carbocycles. The Hall–Kier alpha value is -0.120.